The lowest BCUT2D eigenvalue weighted by molar-refractivity contribution is 0.0650. The molecule has 0 fully saturated rings. The minimum absolute atomic E-state index is 0.0289. The smallest absolute Gasteiger partial charge is 0.257 e. The zero-order valence-electron chi connectivity index (χ0n) is 11.9. The fourth-order valence-electron chi connectivity index (χ4n) is 1.80. The third kappa shape index (κ3) is 3.13. The summed E-state index contributed by atoms with van der Waals surface area (Å²) in [5.74, 6) is 0.157. The quantitative estimate of drug-likeness (QED) is 0.716. The Kier molecular flexibility index (Phi) is 5.08. The number of aliphatic hydroxyl groups is 2. The lowest BCUT2D eigenvalue weighted by Gasteiger charge is -2.29. The number of aliphatic hydroxyl groups excluding tert-OH is 2. The minimum Gasteiger partial charge on any atom is -0.394 e. The predicted molar refractivity (Wildman–Crippen MR) is 70.0 cm³/mol. The third-order valence-corrected chi connectivity index (χ3v) is 3.30. The Balaban J connectivity index is 3.04. The number of carbonyl (C=O) groups is 1. The molecule has 6 nitrogen and oxygen atoms in total. The van der Waals surface area contributed by atoms with Gasteiger partial charge in [0.15, 0.2) is 5.76 Å². The first kappa shape index (κ1) is 15.7. The number of nitrogens with zero attached hydrogens (tertiary/aromatic N) is 1. The lowest BCUT2D eigenvalue weighted by Crippen LogP contribution is -2.54. The molecule has 19 heavy (non-hydrogen) atoms. The van der Waals surface area contributed by atoms with Gasteiger partial charge in [0.25, 0.3) is 5.91 Å². The molecular formula is C13H22N2O4. The van der Waals surface area contributed by atoms with Crippen LogP contribution in [0.4, 0.5) is 0 Å². The highest BCUT2D eigenvalue weighted by Crippen LogP contribution is 2.23. The van der Waals surface area contributed by atoms with Crippen molar-refractivity contribution in [2.75, 3.05) is 13.2 Å². The number of aryl methyl sites for hydroxylation is 1. The summed E-state index contributed by atoms with van der Waals surface area (Å²) in [6, 6.07) is 0. The van der Waals surface area contributed by atoms with Crippen LogP contribution in [0.2, 0.25) is 0 Å². The van der Waals surface area contributed by atoms with Crippen molar-refractivity contribution < 1.29 is 19.5 Å². The van der Waals surface area contributed by atoms with Gasteiger partial charge in [-0.2, -0.15) is 0 Å². The molecule has 0 aliphatic carbocycles. The second kappa shape index (κ2) is 6.16. The zero-order chi connectivity index (χ0) is 14.6. The normalized spacial score (nSPS) is 11.9. The molecule has 1 aromatic heterocycles. The largest absolute Gasteiger partial charge is 0.394 e. The summed E-state index contributed by atoms with van der Waals surface area (Å²) >= 11 is 0. The molecule has 1 rings (SSSR count). The first-order chi connectivity index (χ1) is 8.90. The van der Waals surface area contributed by atoms with Gasteiger partial charge in [0.2, 0.25) is 0 Å². The first-order valence-electron chi connectivity index (χ1n) is 6.41. The molecule has 1 amide bonds. The molecule has 0 spiro atoms. The van der Waals surface area contributed by atoms with Crippen LogP contribution >= 0.6 is 0 Å². The number of amides is 1. The van der Waals surface area contributed by atoms with E-state index in [2.05, 4.69) is 10.5 Å². The Morgan fingerprint density at radius 3 is 2.42 bits per heavy atom. The van der Waals surface area contributed by atoms with Gasteiger partial charge >= 0.3 is 0 Å². The Bertz CT molecular complexity index is 428. The molecule has 0 atom stereocenters. The van der Waals surface area contributed by atoms with Crippen LogP contribution in [-0.4, -0.2) is 40.0 Å². The fraction of sp³-hybridized carbons (Fsp3) is 0.692. The molecule has 3 N–H and O–H groups in total. The van der Waals surface area contributed by atoms with E-state index in [0.717, 1.165) is 0 Å². The van der Waals surface area contributed by atoms with Crippen molar-refractivity contribution in [3.63, 3.8) is 0 Å². The maximum atomic E-state index is 12.3. The molecule has 1 aromatic rings. The van der Waals surface area contributed by atoms with Crippen molar-refractivity contribution in [1.82, 2.24) is 10.5 Å². The van der Waals surface area contributed by atoms with Gasteiger partial charge in [-0.15, -0.1) is 0 Å². The van der Waals surface area contributed by atoms with E-state index in [1.165, 1.54) is 0 Å². The molecule has 0 bridgehead atoms. The summed E-state index contributed by atoms with van der Waals surface area (Å²) in [4.78, 5) is 12.3. The van der Waals surface area contributed by atoms with Crippen molar-refractivity contribution in [2.45, 2.75) is 45.6 Å². The van der Waals surface area contributed by atoms with E-state index in [1.807, 2.05) is 13.8 Å². The van der Waals surface area contributed by atoms with Crippen LogP contribution in [-0.2, 0) is 0 Å². The van der Waals surface area contributed by atoms with Crippen molar-refractivity contribution in [1.29, 1.82) is 0 Å². The molecular weight excluding hydrogens is 248 g/mol. The molecule has 0 aliphatic heterocycles. The van der Waals surface area contributed by atoms with Crippen molar-refractivity contribution >= 4 is 5.91 Å². The summed E-state index contributed by atoms with van der Waals surface area (Å²) < 4.78 is 5.16. The fourth-order valence-corrected chi connectivity index (χ4v) is 1.80. The maximum absolute atomic E-state index is 12.3. The van der Waals surface area contributed by atoms with E-state index in [4.69, 9.17) is 4.52 Å². The van der Waals surface area contributed by atoms with Crippen molar-refractivity contribution in [2.24, 2.45) is 0 Å². The standard InChI is InChI=1S/C13H22N2O4/c1-5-13(6-16,7-17)14-12(18)10-9(4)15-19-11(10)8(2)3/h8,16-17H,5-7H2,1-4H3,(H,14,18). The highest BCUT2D eigenvalue weighted by atomic mass is 16.5. The number of hydrogen-bond acceptors (Lipinski definition) is 5. The summed E-state index contributed by atoms with van der Waals surface area (Å²) in [5.41, 5.74) is -0.133. The number of rotatable bonds is 6. The first-order valence-corrected chi connectivity index (χ1v) is 6.41. The van der Waals surface area contributed by atoms with Crippen LogP contribution in [0, 0.1) is 6.92 Å². The Hall–Kier alpha value is -1.40. The Morgan fingerprint density at radius 1 is 1.42 bits per heavy atom. The minimum atomic E-state index is -1.02. The van der Waals surface area contributed by atoms with E-state index in [0.29, 0.717) is 23.4 Å². The Labute approximate surface area is 112 Å². The van der Waals surface area contributed by atoms with Gasteiger partial charge in [0.05, 0.1) is 24.4 Å². The molecule has 0 saturated heterocycles. The van der Waals surface area contributed by atoms with Crippen molar-refractivity contribution in [3.05, 3.63) is 17.0 Å². The highest BCUT2D eigenvalue weighted by molar-refractivity contribution is 5.96. The van der Waals surface area contributed by atoms with Crippen LogP contribution in [0.15, 0.2) is 4.52 Å². The monoisotopic (exact) mass is 270 g/mol. The topological polar surface area (TPSA) is 95.6 Å². The number of aromatic nitrogens is 1. The van der Waals surface area contributed by atoms with Gasteiger partial charge in [-0.25, -0.2) is 0 Å². The molecule has 0 unspecified atom stereocenters. The van der Waals surface area contributed by atoms with Crippen LogP contribution in [0.5, 0.6) is 0 Å². The van der Waals surface area contributed by atoms with E-state index in [1.54, 1.807) is 13.8 Å². The summed E-state index contributed by atoms with van der Waals surface area (Å²) in [6.45, 7) is 6.64. The van der Waals surface area contributed by atoms with E-state index < -0.39 is 5.54 Å². The second-order valence-electron chi connectivity index (χ2n) is 5.07. The number of carbonyl (C=O) groups excluding carboxylic acids is 1. The van der Waals surface area contributed by atoms with E-state index in [9.17, 15) is 15.0 Å². The van der Waals surface area contributed by atoms with Crippen LogP contribution in [0.1, 0.15) is 54.9 Å². The molecule has 0 aliphatic rings. The molecule has 6 heteroatoms. The molecule has 0 aromatic carbocycles. The number of nitrogens with one attached hydrogen (secondary N) is 1. The van der Waals surface area contributed by atoms with Gasteiger partial charge in [-0.1, -0.05) is 25.9 Å². The predicted octanol–water partition coefficient (Wildman–Crippen LogP) is 0.970. The summed E-state index contributed by atoms with van der Waals surface area (Å²) in [7, 11) is 0. The average Bonchev–Trinajstić information content (AvgIpc) is 2.78. The van der Waals surface area contributed by atoms with Crippen LogP contribution < -0.4 is 5.32 Å². The van der Waals surface area contributed by atoms with Crippen LogP contribution in [0.25, 0.3) is 0 Å². The van der Waals surface area contributed by atoms with Crippen LogP contribution in [0.3, 0.4) is 0 Å². The maximum Gasteiger partial charge on any atom is 0.257 e. The van der Waals surface area contributed by atoms with Crippen molar-refractivity contribution in [3.8, 4) is 0 Å². The van der Waals surface area contributed by atoms with Gasteiger partial charge < -0.3 is 20.1 Å². The van der Waals surface area contributed by atoms with Gasteiger partial charge in [-0.05, 0) is 13.3 Å². The van der Waals surface area contributed by atoms with E-state index >= 15 is 0 Å². The zero-order valence-corrected chi connectivity index (χ0v) is 11.9. The summed E-state index contributed by atoms with van der Waals surface area (Å²) in [5, 5.41) is 25.2. The third-order valence-electron chi connectivity index (χ3n) is 3.30. The molecule has 1 heterocycles. The highest BCUT2D eigenvalue weighted by Gasteiger charge is 2.32. The second-order valence-corrected chi connectivity index (χ2v) is 5.07. The average molecular weight is 270 g/mol. The molecule has 0 radical (unpaired) electrons. The molecule has 0 saturated carbocycles. The summed E-state index contributed by atoms with van der Waals surface area (Å²) in [6.07, 6.45) is 0.424. The molecule has 108 valence electrons. The van der Waals surface area contributed by atoms with Gasteiger partial charge in [0.1, 0.15) is 5.56 Å². The van der Waals surface area contributed by atoms with E-state index in [-0.39, 0.29) is 25.0 Å². The SMILES string of the molecule is CCC(CO)(CO)NC(=O)c1c(C)noc1C(C)C. The van der Waals surface area contributed by atoms with Gasteiger partial charge in [-0.3, -0.25) is 4.79 Å². The van der Waals surface area contributed by atoms with Gasteiger partial charge in [0, 0.05) is 5.92 Å². The number of hydrogen-bond donors (Lipinski definition) is 3. The Morgan fingerprint density at radius 2 is 2.00 bits per heavy atom. The lowest BCUT2D eigenvalue weighted by atomic mass is 9.96.